The van der Waals surface area contributed by atoms with E-state index in [0.29, 0.717) is 0 Å². The molecule has 0 radical (unpaired) electrons. The molecule has 1 atom stereocenters. The lowest BCUT2D eigenvalue weighted by atomic mass is 9.76. The van der Waals surface area contributed by atoms with E-state index in [4.69, 9.17) is 4.74 Å². The van der Waals surface area contributed by atoms with Crippen LogP contribution in [0.3, 0.4) is 0 Å². The van der Waals surface area contributed by atoms with Gasteiger partial charge in [0.2, 0.25) is 0 Å². The molecule has 17 heavy (non-hydrogen) atoms. The minimum Gasteiger partial charge on any atom is -0.492 e. The van der Waals surface area contributed by atoms with Crippen molar-refractivity contribution in [2.45, 2.75) is 18.8 Å². The maximum atomic E-state index is 5.89. The van der Waals surface area contributed by atoms with Crippen molar-refractivity contribution in [2.24, 2.45) is 0 Å². The molecular weight excluding hydrogens is 208 g/mol. The van der Waals surface area contributed by atoms with Gasteiger partial charge in [0.1, 0.15) is 5.75 Å². The molecule has 86 valence electrons. The normalized spacial score (nSPS) is 22.6. The Morgan fingerprint density at radius 2 is 1.65 bits per heavy atom. The monoisotopic (exact) mass is 224 g/mol. The predicted octanol–water partition coefficient (Wildman–Crippen LogP) is 3.58. The third kappa shape index (κ3) is 1.82. The average Bonchev–Trinajstić information content (AvgIpc) is 2.40. The van der Waals surface area contributed by atoms with E-state index in [0.717, 1.165) is 18.8 Å². The standard InChI is InChI=1S/C16H16O/c1-16(14-8-3-2-4-9-14)11-13-7-5-6-10-15(13)17-12-16/h2-10H,11-12H2,1H3. The fourth-order valence-electron chi connectivity index (χ4n) is 2.53. The number of benzene rings is 2. The molecule has 0 N–H and O–H groups in total. The summed E-state index contributed by atoms with van der Waals surface area (Å²) in [5.41, 5.74) is 2.76. The minimum atomic E-state index is 0.0929. The van der Waals surface area contributed by atoms with Crippen molar-refractivity contribution >= 4 is 0 Å². The van der Waals surface area contributed by atoms with Gasteiger partial charge in [-0.1, -0.05) is 55.5 Å². The Kier molecular flexibility index (Phi) is 2.40. The van der Waals surface area contributed by atoms with Crippen molar-refractivity contribution in [3.05, 3.63) is 65.7 Å². The van der Waals surface area contributed by atoms with Crippen LogP contribution in [0.5, 0.6) is 5.75 Å². The lowest BCUT2D eigenvalue weighted by Crippen LogP contribution is -2.36. The molecule has 3 rings (SSSR count). The fourth-order valence-corrected chi connectivity index (χ4v) is 2.53. The highest BCUT2D eigenvalue weighted by molar-refractivity contribution is 5.40. The Balaban J connectivity index is 1.98. The second-order valence-corrected chi connectivity index (χ2v) is 5.00. The van der Waals surface area contributed by atoms with Gasteiger partial charge in [-0.15, -0.1) is 0 Å². The maximum Gasteiger partial charge on any atom is 0.122 e. The summed E-state index contributed by atoms with van der Waals surface area (Å²) in [7, 11) is 0. The maximum absolute atomic E-state index is 5.89. The van der Waals surface area contributed by atoms with Gasteiger partial charge < -0.3 is 4.74 Å². The second kappa shape index (κ2) is 3.92. The number of fused-ring (bicyclic) bond motifs is 1. The molecule has 0 aliphatic carbocycles. The third-order valence-corrected chi connectivity index (χ3v) is 3.57. The molecule has 2 aromatic carbocycles. The van der Waals surface area contributed by atoms with Crippen LogP contribution < -0.4 is 4.74 Å². The van der Waals surface area contributed by atoms with Crippen molar-refractivity contribution in [2.75, 3.05) is 6.61 Å². The smallest absolute Gasteiger partial charge is 0.122 e. The predicted molar refractivity (Wildman–Crippen MR) is 69.4 cm³/mol. The van der Waals surface area contributed by atoms with E-state index in [-0.39, 0.29) is 5.41 Å². The lowest BCUT2D eigenvalue weighted by molar-refractivity contribution is 0.200. The first-order valence-electron chi connectivity index (χ1n) is 6.04. The summed E-state index contributed by atoms with van der Waals surface area (Å²) in [6.45, 7) is 3.03. The van der Waals surface area contributed by atoms with Crippen LogP contribution in [0.4, 0.5) is 0 Å². The molecule has 1 unspecified atom stereocenters. The highest BCUT2D eigenvalue weighted by atomic mass is 16.5. The summed E-state index contributed by atoms with van der Waals surface area (Å²) in [4.78, 5) is 0. The molecule has 1 heterocycles. The van der Waals surface area contributed by atoms with Crippen molar-refractivity contribution in [1.29, 1.82) is 0 Å². The molecule has 0 amide bonds. The average molecular weight is 224 g/mol. The minimum absolute atomic E-state index is 0.0929. The zero-order valence-electron chi connectivity index (χ0n) is 10.0. The summed E-state index contributed by atoms with van der Waals surface area (Å²) in [6, 6.07) is 19.0. The largest absolute Gasteiger partial charge is 0.492 e. The van der Waals surface area contributed by atoms with Crippen LogP contribution in [0, 0.1) is 0 Å². The molecule has 0 aromatic heterocycles. The number of hydrogen-bond acceptors (Lipinski definition) is 1. The van der Waals surface area contributed by atoms with Crippen LogP contribution in [-0.2, 0) is 11.8 Å². The van der Waals surface area contributed by atoms with Gasteiger partial charge >= 0.3 is 0 Å². The Labute approximate surface area is 102 Å². The second-order valence-electron chi connectivity index (χ2n) is 5.00. The van der Waals surface area contributed by atoms with Crippen LogP contribution in [0.1, 0.15) is 18.1 Å². The molecule has 0 spiro atoms. The van der Waals surface area contributed by atoms with Gasteiger partial charge in [0.15, 0.2) is 0 Å². The molecule has 0 saturated carbocycles. The zero-order valence-corrected chi connectivity index (χ0v) is 10.0. The number of para-hydroxylation sites is 1. The highest BCUT2D eigenvalue weighted by Crippen LogP contribution is 2.36. The highest BCUT2D eigenvalue weighted by Gasteiger charge is 2.32. The first kappa shape index (κ1) is 10.4. The van der Waals surface area contributed by atoms with Crippen LogP contribution in [0.25, 0.3) is 0 Å². The summed E-state index contributed by atoms with van der Waals surface area (Å²) < 4.78 is 5.89. The van der Waals surface area contributed by atoms with E-state index in [1.165, 1.54) is 11.1 Å². The summed E-state index contributed by atoms with van der Waals surface area (Å²) >= 11 is 0. The Morgan fingerprint density at radius 1 is 0.941 bits per heavy atom. The molecule has 0 bridgehead atoms. The SMILES string of the molecule is CC1(c2ccccc2)COc2ccccc2C1. The van der Waals surface area contributed by atoms with Crippen molar-refractivity contribution in [3.63, 3.8) is 0 Å². The van der Waals surface area contributed by atoms with Crippen LogP contribution in [0.15, 0.2) is 54.6 Å². The molecule has 1 aliphatic heterocycles. The van der Waals surface area contributed by atoms with E-state index in [1.807, 2.05) is 6.07 Å². The molecule has 0 fully saturated rings. The number of rotatable bonds is 1. The molecule has 0 saturated heterocycles. The molecule has 1 nitrogen and oxygen atoms in total. The Morgan fingerprint density at radius 3 is 2.47 bits per heavy atom. The van der Waals surface area contributed by atoms with Gasteiger partial charge in [-0.25, -0.2) is 0 Å². The summed E-state index contributed by atoms with van der Waals surface area (Å²) in [6.07, 6.45) is 1.05. The number of ether oxygens (including phenoxy) is 1. The van der Waals surface area contributed by atoms with Crippen LogP contribution in [-0.4, -0.2) is 6.61 Å². The van der Waals surface area contributed by atoms with Gasteiger partial charge in [-0.3, -0.25) is 0 Å². The topological polar surface area (TPSA) is 9.23 Å². The summed E-state index contributed by atoms with van der Waals surface area (Å²) in [5.74, 6) is 1.04. The van der Waals surface area contributed by atoms with Crippen molar-refractivity contribution in [1.82, 2.24) is 0 Å². The molecule has 2 aromatic rings. The van der Waals surface area contributed by atoms with E-state index in [9.17, 15) is 0 Å². The fraction of sp³-hybridized carbons (Fsp3) is 0.250. The van der Waals surface area contributed by atoms with Gasteiger partial charge in [0, 0.05) is 5.41 Å². The van der Waals surface area contributed by atoms with E-state index in [2.05, 4.69) is 55.5 Å². The van der Waals surface area contributed by atoms with Gasteiger partial charge in [-0.05, 0) is 23.6 Å². The lowest BCUT2D eigenvalue weighted by Gasteiger charge is -2.35. The first-order chi connectivity index (χ1) is 8.28. The van der Waals surface area contributed by atoms with Gasteiger partial charge in [0.25, 0.3) is 0 Å². The molecular formula is C16H16O. The van der Waals surface area contributed by atoms with E-state index in [1.54, 1.807) is 0 Å². The summed E-state index contributed by atoms with van der Waals surface area (Å²) in [5, 5.41) is 0. The van der Waals surface area contributed by atoms with E-state index >= 15 is 0 Å². The Hall–Kier alpha value is -1.76. The van der Waals surface area contributed by atoms with E-state index < -0.39 is 0 Å². The Bertz CT molecular complexity index is 518. The molecule has 1 heteroatoms. The quantitative estimate of drug-likeness (QED) is 0.719. The van der Waals surface area contributed by atoms with Gasteiger partial charge in [-0.2, -0.15) is 0 Å². The number of hydrogen-bond donors (Lipinski definition) is 0. The van der Waals surface area contributed by atoms with Gasteiger partial charge in [0.05, 0.1) is 6.61 Å². The van der Waals surface area contributed by atoms with Crippen LogP contribution >= 0.6 is 0 Å². The van der Waals surface area contributed by atoms with Crippen LogP contribution in [0.2, 0.25) is 0 Å². The zero-order chi connectivity index (χ0) is 11.7. The molecule has 1 aliphatic rings. The van der Waals surface area contributed by atoms with Crippen molar-refractivity contribution < 1.29 is 4.74 Å². The third-order valence-electron chi connectivity index (χ3n) is 3.57. The first-order valence-corrected chi connectivity index (χ1v) is 6.04. The van der Waals surface area contributed by atoms with Crippen molar-refractivity contribution in [3.8, 4) is 5.75 Å².